The van der Waals surface area contributed by atoms with E-state index in [4.69, 9.17) is 0 Å². The molecule has 0 aromatic carbocycles. The summed E-state index contributed by atoms with van der Waals surface area (Å²) < 4.78 is 0. The van der Waals surface area contributed by atoms with Gasteiger partial charge in [-0.3, -0.25) is 9.78 Å². The van der Waals surface area contributed by atoms with E-state index in [0.717, 1.165) is 0 Å². The molecule has 0 spiro atoms. The number of hydrogen-bond acceptors (Lipinski definition) is 8. The smallest absolute Gasteiger partial charge is 0.277 e. The molecule has 1 aromatic rings. The van der Waals surface area contributed by atoms with Crippen molar-refractivity contribution in [2.24, 2.45) is 0 Å². The van der Waals surface area contributed by atoms with Gasteiger partial charge in [0.2, 0.25) is 5.95 Å². The fraction of sp³-hybridized carbons (Fsp3) is 0.636. The zero-order valence-electron chi connectivity index (χ0n) is 11.2. The van der Waals surface area contributed by atoms with E-state index in [2.05, 4.69) is 38.5 Å². The highest BCUT2D eigenvalue weighted by molar-refractivity contribution is 7.81. The maximum Gasteiger partial charge on any atom is 0.277 e. The molecule has 112 valence electrons. The topological polar surface area (TPSA) is 122 Å². The second-order valence-corrected chi connectivity index (χ2v) is 5.60. The van der Waals surface area contributed by atoms with Crippen LogP contribution in [0.2, 0.25) is 0 Å². The van der Waals surface area contributed by atoms with Crippen molar-refractivity contribution < 1.29 is 10.2 Å². The molecule has 0 bridgehead atoms. The Hall–Kier alpha value is -1.45. The van der Waals surface area contributed by atoms with E-state index in [9.17, 15) is 15.0 Å². The lowest BCUT2D eigenvalue weighted by Gasteiger charge is -2.31. The largest absolute Gasteiger partial charge is 0.391 e. The van der Waals surface area contributed by atoms with Gasteiger partial charge in [-0.25, -0.2) is 0 Å². The summed E-state index contributed by atoms with van der Waals surface area (Å²) in [6.07, 6.45) is -1.88. The number of fused-ring (bicyclic) bond motifs is 1. The Balaban J connectivity index is 2.23. The first kappa shape index (κ1) is 14.9. The van der Waals surface area contributed by atoms with Crippen molar-refractivity contribution in [2.75, 3.05) is 22.5 Å². The van der Waals surface area contributed by atoms with Gasteiger partial charge in [0.05, 0.1) is 17.5 Å². The number of nitrogens with one attached hydrogen (secondary N) is 4. The van der Waals surface area contributed by atoms with Crippen LogP contribution < -0.4 is 21.5 Å². The number of aliphatic hydroxyl groups is 2. The zero-order valence-corrected chi connectivity index (χ0v) is 12.1. The van der Waals surface area contributed by atoms with Gasteiger partial charge in [0.25, 0.3) is 5.56 Å². The molecule has 6 N–H and O–H groups in total. The molecule has 20 heavy (non-hydrogen) atoms. The Kier molecular flexibility index (Phi) is 4.41. The molecule has 4 atom stereocenters. The summed E-state index contributed by atoms with van der Waals surface area (Å²) in [5.41, 5.74) is -0.111. The summed E-state index contributed by atoms with van der Waals surface area (Å²) in [7, 11) is 0. The van der Waals surface area contributed by atoms with Crippen molar-refractivity contribution in [2.45, 2.75) is 37.5 Å². The highest BCUT2D eigenvalue weighted by Crippen LogP contribution is 2.22. The predicted octanol–water partition coefficient (Wildman–Crippen LogP) is -0.595. The highest BCUT2D eigenvalue weighted by atomic mass is 32.1. The van der Waals surface area contributed by atoms with Gasteiger partial charge >= 0.3 is 0 Å². The molecule has 0 radical (unpaired) electrons. The van der Waals surface area contributed by atoms with E-state index in [-0.39, 0.29) is 16.6 Å². The Morgan fingerprint density at radius 2 is 2.15 bits per heavy atom. The van der Waals surface area contributed by atoms with Crippen molar-refractivity contribution in [3.05, 3.63) is 10.4 Å². The number of nitrogens with zero attached hydrogens (tertiary/aromatic N) is 1. The third kappa shape index (κ3) is 3.17. The van der Waals surface area contributed by atoms with Crippen LogP contribution in [0, 0.1) is 0 Å². The number of H-pyrrole nitrogens is 1. The SMILES string of the molecule is CC(S)Nc1nc2c(c(=O)[nH]1)NC(C(O)C(C)O)CN2. The van der Waals surface area contributed by atoms with Gasteiger partial charge in [-0.05, 0) is 13.8 Å². The second-order valence-electron chi connectivity index (χ2n) is 4.82. The van der Waals surface area contributed by atoms with Crippen LogP contribution in [0.1, 0.15) is 13.8 Å². The van der Waals surface area contributed by atoms with E-state index >= 15 is 0 Å². The lowest BCUT2D eigenvalue weighted by atomic mass is 10.0. The third-order valence-electron chi connectivity index (χ3n) is 2.99. The van der Waals surface area contributed by atoms with E-state index in [1.807, 2.05) is 6.92 Å². The minimum Gasteiger partial charge on any atom is -0.391 e. The van der Waals surface area contributed by atoms with Crippen LogP contribution in [0.15, 0.2) is 4.79 Å². The van der Waals surface area contributed by atoms with Crippen LogP contribution in [-0.4, -0.2) is 50.3 Å². The standard InChI is InChI=1S/C11H19N5O3S/c1-4(17)8(18)6-3-12-9-7(14-6)10(19)16-11(15-9)13-5(2)20/h4-6,8,14,17-18,20H,3H2,1-2H3,(H3,12,13,15,16,19). The van der Waals surface area contributed by atoms with Crippen LogP contribution in [0.3, 0.4) is 0 Å². The maximum absolute atomic E-state index is 12.0. The molecule has 0 amide bonds. The molecule has 8 nitrogen and oxygen atoms in total. The molecule has 2 heterocycles. The van der Waals surface area contributed by atoms with Gasteiger partial charge in [-0.1, -0.05) is 0 Å². The van der Waals surface area contributed by atoms with Gasteiger partial charge in [-0.15, -0.1) is 0 Å². The van der Waals surface area contributed by atoms with E-state index in [0.29, 0.717) is 18.3 Å². The van der Waals surface area contributed by atoms with E-state index in [1.54, 1.807) is 0 Å². The van der Waals surface area contributed by atoms with Crippen molar-refractivity contribution in [1.29, 1.82) is 0 Å². The first-order chi connectivity index (χ1) is 9.38. The number of anilines is 3. The number of aromatic nitrogens is 2. The monoisotopic (exact) mass is 301 g/mol. The number of aliphatic hydroxyl groups excluding tert-OH is 2. The Morgan fingerprint density at radius 1 is 1.45 bits per heavy atom. The third-order valence-corrected chi connectivity index (χ3v) is 3.12. The summed E-state index contributed by atoms with van der Waals surface area (Å²) in [4.78, 5) is 18.8. The van der Waals surface area contributed by atoms with Crippen LogP contribution in [-0.2, 0) is 0 Å². The molecular formula is C11H19N5O3S. The Labute approximate surface area is 121 Å². The maximum atomic E-state index is 12.0. The van der Waals surface area contributed by atoms with Crippen molar-refractivity contribution in [1.82, 2.24) is 9.97 Å². The summed E-state index contributed by atoms with van der Waals surface area (Å²) >= 11 is 4.16. The van der Waals surface area contributed by atoms with Crippen molar-refractivity contribution >= 4 is 30.1 Å². The summed E-state index contributed by atoms with van der Waals surface area (Å²) in [5.74, 6) is 0.722. The van der Waals surface area contributed by atoms with Gasteiger partial charge in [0, 0.05) is 6.54 Å². The molecule has 0 fully saturated rings. The molecule has 0 saturated heterocycles. The van der Waals surface area contributed by atoms with E-state index < -0.39 is 18.2 Å². The second kappa shape index (κ2) is 5.90. The quantitative estimate of drug-likeness (QED) is 0.293. The summed E-state index contributed by atoms with van der Waals surface area (Å²) in [6.45, 7) is 3.65. The molecule has 0 saturated carbocycles. The number of rotatable bonds is 4. The fourth-order valence-corrected chi connectivity index (χ4v) is 2.11. The Bertz CT molecular complexity index is 533. The minimum atomic E-state index is -0.981. The minimum absolute atomic E-state index is 0.155. The predicted molar refractivity (Wildman–Crippen MR) is 80.5 cm³/mol. The molecule has 4 unspecified atom stereocenters. The van der Waals surface area contributed by atoms with Gasteiger partial charge in [-0.2, -0.15) is 17.6 Å². The molecule has 0 aliphatic carbocycles. The lowest BCUT2D eigenvalue weighted by Crippen LogP contribution is -2.48. The van der Waals surface area contributed by atoms with Gasteiger partial charge in [0.1, 0.15) is 11.8 Å². The molecule has 1 aliphatic heterocycles. The summed E-state index contributed by atoms with van der Waals surface area (Å²) in [6, 6.07) is -0.465. The first-order valence-electron chi connectivity index (χ1n) is 6.34. The van der Waals surface area contributed by atoms with E-state index in [1.165, 1.54) is 6.92 Å². The molecule has 1 aliphatic rings. The van der Waals surface area contributed by atoms with Crippen LogP contribution in [0.4, 0.5) is 17.5 Å². The average molecular weight is 301 g/mol. The highest BCUT2D eigenvalue weighted by Gasteiger charge is 2.29. The normalized spacial score (nSPS) is 21.9. The average Bonchev–Trinajstić information content (AvgIpc) is 2.36. The van der Waals surface area contributed by atoms with Crippen LogP contribution in [0.25, 0.3) is 0 Å². The number of hydrogen-bond donors (Lipinski definition) is 7. The number of aromatic amines is 1. The molecular weight excluding hydrogens is 282 g/mol. The fourth-order valence-electron chi connectivity index (χ4n) is 1.99. The first-order valence-corrected chi connectivity index (χ1v) is 6.85. The van der Waals surface area contributed by atoms with Crippen LogP contribution in [0.5, 0.6) is 0 Å². The number of thiol groups is 1. The molecule has 1 aromatic heterocycles. The van der Waals surface area contributed by atoms with Crippen molar-refractivity contribution in [3.8, 4) is 0 Å². The van der Waals surface area contributed by atoms with Gasteiger partial charge in [0.15, 0.2) is 5.82 Å². The van der Waals surface area contributed by atoms with Crippen molar-refractivity contribution in [3.63, 3.8) is 0 Å². The Morgan fingerprint density at radius 3 is 2.75 bits per heavy atom. The van der Waals surface area contributed by atoms with Crippen LogP contribution >= 0.6 is 12.6 Å². The van der Waals surface area contributed by atoms with Gasteiger partial charge < -0.3 is 26.2 Å². The molecule has 2 rings (SSSR count). The summed E-state index contributed by atoms with van der Waals surface area (Å²) in [5, 5.41) is 27.8. The lowest BCUT2D eigenvalue weighted by molar-refractivity contribution is 0.0214. The molecule has 9 heteroatoms. The zero-order chi connectivity index (χ0) is 14.9.